The van der Waals surface area contributed by atoms with Crippen LogP contribution < -0.4 is 0 Å². The maximum absolute atomic E-state index is 12.8. The Morgan fingerprint density at radius 2 is 1.86 bits per heavy atom. The third kappa shape index (κ3) is 8.10. The van der Waals surface area contributed by atoms with E-state index in [1.807, 2.05) is 20.8 Å². The Hall–Kier alpha value is -1.38. The molecule has 7 nitrogen and oxygen atoms in total. The number of carbonyl (C=O) groups is 2. The standard InChI is InChI=1S/C21H40N2O5Si/c1-10-13-26-22(16-24)12-11-17-14-18(28-29(8,9)21(5,6)7)15-23(17)19(25)27-20(2,3)4/h10,16-18H,1,11-15H2,2-9H3/t17-,18-/m1/s1. The number of rotatable bonds is 9. The number of hydroxylamine groups is 2. The van der Waals surface area contributed by atoms with Gasteiger partial charge < -0.3 is 14.1 Å². The molecule has 1 aliphatic heterocycles. The zero-order valence-electron chi connectivity index (χ0n) is 19.5. The van der Waals surface area contributed by atoms with Gasteiger partial charge in [0.15, 0.2) is 8.32 Å². The number of ether oxygens (including phenoxy) is 1. The summed E-state index contributed by atoms with van der Waals surface area (Å²) in [6.45, 7) is 21.4. The number of likely N-dealkylation sites (tertiary alicyclic amines) is 1. The average molecular weight is 429 g/mol. The molecular formula is C21H40N2O5Si. The number of carbonyl (C=O) groups excluding carboxylic acids is 2. The van der Waals surface area contributed by atoms with E-state index >= 15 is 0 Å². The van der Waals surface area contributed by atoms with E-state index in [1.165, 1.54) is 5.06 Å². The van der Waals surface area contributed by atoms with Gasteiger partial charge in [0.2, 0.25) is 6.41 Å². The molecule has 1 rings (SSSR count). The van der Waals surface area contributed by atoms with Crippen LogP contribution in [0.3, 0.4) is 0 Å². The minimum atomic E-state index is -1.96. The lowest BCUT2D eigenvalue weighted by Gasteiger charge is -2.38. The van der Waals surface area contributed by atoms with E-state index in [0.717, 1.165) is 6.42 Å². The first-order chi connectivity index (χ1) is 13.2. The van der Waals surface area contributed by atoms with Crippen LogP contribution in [0.1, 0.15) is 54.4 Å². The summed E-state index contributed by atoms with van der Waals surface area (Å²) in [6.07, 6.45) is 3.18. The lowest BCUT2D eigenvalue weighted by Crippen LogP contribution is -2.45. The third-order valence-electron chi connectivity index (χ3n) is 5.43. The summed E-state index contributed by atoms with van der Waals surface area (Å²) in [5, 5.41) is 1.34. The van der Waals surface area contributed by atoms with Crippen LogP contribution in [-0.2, 0) is 18.8 Å². The summed E-state index contributed by atoms with van der Waals surface area (Å²) in [6, 6.07) is -0.0746. The van der Waals surface area contributed by atoms with Crippen molar-refractivity contribution in [3.8, 4) is 0 Å². The molecule has 2 amide bonds. The van der Waals surface area contributed by atoms with Crippen molar-refractivity contribution in [2.24, 2.45) is 0 Å². The van der Waals surface area contributed by atoms with Crippen LogP contribution in [0.5, 0.6) is 0 Å². The average Bonchev–Trinajstić information content (AvgIpc) is 2.94. The molecule has 0 aliphatic carbocycles. The van der Waals surface area contributed by atoms with Gasteiger partial charge in [0, 0.05) is 12.6 Å². The Kier molecular flexibility index (Phi) is 8.92. The second kappa shape index (κ2) is 10.1. The molecule has 0 spiro atoms. The predicted molar refractivity (Wildman–Crippen MR) is 117 cm³/mol. The lowest BCUT2D eigenvalue weighted by atomic mass is 10.1. The SMILES string of the molecule is C=CCON(C=O)CC[C@@H]1C[C@@H](O[Si](C)(C)C(C)(C)C)CN1C(=O)OC(C)(C)C. The van der Waals surface area contributed by atoms with Gasteiger partial charge >= 0.3 is 6.09 Å². The van der Waals surface area contributed by atoms with Crippen molar-refractivity contribution >= 4 is 20.8 Å². The minimum Gasteiger partial charge on any atom is -0.444 e. The van der Waals surface area contributed by atoms with E-state index in [0.29, 0.717) is 25.9 Å². The Balaban J connectivity index is 2.88. The Morgan fingerprint density at radius 3 is 2.34 bits per heavy atom. The first kappa shape index (κ1) is 25.7. The predicted octanol–water partition coefficient (Wildman–Crippen LogP) is 4.35. The first-order valence-corrected chi connectivity index (χ1v) is 13.2. The van der Waals surface area contributed by atoms with Gasteiger partial charge in [-0.05, 0) is 51.7 Å². The molecule has 0 aromatic rings. The van der Waals surface area contributed by atoms with Gasteiger partial charge in [-0.25, -0.2) is 9.86 Å². The monoisotopic (exact) mass is 428 g/mol. The van der Waals surface area contributed by atoms with Crippen molar-refractivity contribution in [1.29, 1.82) is 0 Å². The Bertz CT molecular complexity index is 568. The maximum atomic E-state index is 12.8. The van der Waals surface area contributed by atoms with Crippen LogP contribution in [-0.4, -0.2) is 68.2 Å². The van der Waals surface area contributed by atoms with E-state index in [4.69, 9.17) is 14.0 Å². The molecule has 1 fully saturated rings. The number of hydrogen-bond donors (Lipinski definition) is 0. The molecule has 2 atom stereocenters. The van der Waals surface area contributed by atoms with Gasteiger partial charge in [0.1, 0.15) is 5.60 Å². The normalized spacial score (nSPS) is 20.5. The second-order valence-electron chi connectivity index (χ2n) is 10.1. The molecule has 0 aromatic carbocycles. The fourth-order valence-electron chi connectivity index (χ4n) is 2.94. The van der Waals surface area contributed by atoms with Crippen molar-refractivity contribution in [3.05, 3.63) is 12.7 Å². The molecule has 0 radical (unpaired) electrons. The van der Waals surface area contributed by atoms with E-state index in [9.17, 15) is 9.59 Å². The molecule has 1 saturated heterocycles. The number of nitrogens with zero attached hydrogens (tertiary/aromatic N) is 2. The molecule has 168 valence electrons. The van der Waals surface area contributed by atoms with Gasteiger partial charge in [-0.15, -0.1) is 6.58 Å². The van der Waals surface area contributed by atoms with Crippen LogP contribution in [0, 0.1) is 0 Å². The smallest absolute Gasteiger partial charge is 0.410 e. The van der Waals surface area contributed by atoms with Gasteiger partial charge in [-0.1, -0.05) is 26.8 Å². The summed E-state index contributed by atoms with van der Waals surface area (Å²) in [5.41, 5.74) is -0.568. The zero-order valence-corrected chi connectivity index (χ0v) is 20.5. The molecule has 0 aromatic heterocycles. The van der Waals surface area contributed by atoms with Crippen molar-refractivity contribution in [3.63, 3.8) is 0 Å². The van der Waals surface area contributed by atoms with E-state index in [-0.39, 0.29) is 29.9 Å². The zero-order chi connectivity index (χ0) is 22.5. The quantitative estimate of drug-likeness (QED) is 0.236. The lowest BCUT2D eigenvalue weighted by molar-refractivity contribution is -0.168. The summed E-state index contributed by atoms with van der Waals surface area (Å²) in [7, 11) is -1.96. The van der Waals surface area contributed by atoms with Gasteiger partial charge in [-0.3, -0.25) is 9.63 Å². The number of hydrogen-bond acceptors (Lipinski definition) is 5. The van der Waals surface area contributed by atoms with Crippen LogP contribution in [0.25, 0.3) is 0 Å². The fraction of sp³-hybridized carbons (Fsp3) is 0.810. The van der Waals surface area contributed by atoms with Crippen molar-refractivity contribution in [2.45, 2.75) is 90.3 Å². The summed E-state index contributed by atoms with van der Waals surface area (Å²) in [4.78, 5) is 31.1. The molecule has 1 heterocycles. The van der Waals surface area contributed by atoms with Crippen LogP contribution in [0.15, 0.2) is 12.7 Å². The van der Waals surface area contributed by atoms with Crippen molar-refractivity contribution < 1.29 is 23.6 Å². The molecule has 1 aliphatic rings. The Morgan fingerprint density at radius 1 is 1.24 bits per heavy atom. The van der Waals surface area contributed by atoms with Crippen LogP contribution >= 0.6 is 0 Å². The van der Waals surface area contributed by atoms with Crippen molar-refractivity contribution in [2.75, 3.05) is 19.7 Å². The highest BCUT2D eigenvalue weighted by Crippen LogP contribution is 2.39. The summed E-state index contributed by atoms with van der Waals surface area (Å²) < 4.78 is 12.2. The van der Waals surface area contributed by atoms with Gasteiger partial charge in [-0.2, -0.15) is 0 Å². The highest BCUT2D eigenvalue weighted by atomic mass is 28.4. The molecule has 0 bridgehead atoms. The van der Waals surface area contributed by atoms with E-state index in [1.54, 1.807) is 11.0 Å². The van der Waals surface area contributed by atoms with Gasteiger partial charge in [0.25, 0.3) is 0 Å². The maximum Gasteiger partial charge on any atom is 0.410 e. The Labute approximate surface area is 177 Å². The molecular weight excluding hydrogens is 388 g/mol. The fourth-order valence-corrected chi connectivity index (χ4v) is 4.30. The first-order valence-electron chi connectivity index (χ1n) is 10.3. The second-order valence-corrected chi connectivity index (χ2v) is 14.9. The van der Waals surface area contributed by atoms with Crippen molar-refractivity contribution in [1.82, 2.24) is 9.96 Å². The summed E-state index contributed by atoms with van der Waals surface area (Å²) >= 11 is 0. The van der Waals surface area contributed by atoms with Crippen LogP contribution in [0.4, 0.5) is 4.79 Å². The third-order valence-corrected chi connectivity index (χ3v) is 9.97. The minimum absolute atomic E-state index is 0.0350. The van der Waals surface area contributed by atoms with Gasteiger partial charge in [0.05, 0.1) is 19.3 Å². The molecule has 0 N–H and O–H groups in total. The topological polar surface area (TPSA) is 68.3 Å². The largest absolute Gasteiger partial charge is 0.444 e. The van der Waals surface area contributed by atoms with E-state index in [2.05, 4.69) is 40.4 Å². The van der Waals surface area contributed by atoms with Crippen LogP contribution in [0.2, 0.25) is 18.1 Å². The highest BCUT2D eigenvalue weighted by Gasteiger charge is 2.44. The summed E-state index contributed by atoms with van der Waals surface area (Å²) in [5.74, 6) is 0. The molecule has 29 heavy (non-hydrogen) atoms. The molecule has 8 heteroatoms. The highest BCUT2D eigenvalue weighted by molar-refractivity contribution is 6.74. The number of amides is 2. The molecule has 0 unspecified atom stereocenters. The van der Waals surface area contributed by atoms with E-state index < -0.39 is 13.9 Å². The molecule has 0 saturated carbocycles.